The van der Waals surface area contributed by atoms with E-state index in [1.165, 1.54) is 60.5 Å². The quantitative estimate of drug-likeness (QED) is 0.197. The standard InChI is InChI=1S/C48H33N5/c1-3-14-32(15-4-1)36-18-7-8-19-37(36)40-22-13-29-51-47(40)49-48(50-51)53-44-24-12-10-21-39(44)42-31-34(26-28-46(42)53)33-25-27-45-41(30-33)38-20-9-11-23-43(38)52(45)35-16-5-2-6-17-35/h1-31,48,50H. The number of para-hydroxylation sites is 3. The third kappa shape index (κ3) is 4.65. The molecule has 5 nitrogen and oxygen atoms in total. The minimum absolute atomic E-state index is 0.325. The summed E-state index contributed by atoms with van der Waals surface area (Å²) >= 11 is 0. The van der Waals surface area contributed by atoms with Gasteiger partial charge in [0.15, 0.2) is 12.1 Å². The van der Waals surface area contributed by atoms with Gasteiger partial charge < -0.3 is 9.13 Å². The second-order valence-corrected chi connectivity index (χ2v) is 13.7. The van der Waals surface area contributed by atoms with E-state index in [0.29, 0.717) is 0 Å². The SMILES string of the molecule is C1=CN2NC(n3c4ccccc4c4cc(-c5ccc6c(c5)c5ccccc5n6-c5ccccc5)ccc43)N=C2C(c2ccccc2-c2ccccc2)=C1. The van der Waals surface area contributed by atoms with Crippen LogP contribution in [0.4, 0.5) is 0 Å². The van der Waals surface area contributed by atoms with Gasteiger partial charge in [-0.05, 0) is 88.5 Å². The van der Waals surface area contributed by atoms with E-state index in [1.54, 1.807) is 0 Å². The van der Waals surface area contributed by atoms with Gasteiger partial charge in [0.05, 0.1) is 22.1 Å². The summed E-state index contributed by atoms with van der Waals surface area (Å²) in [4.78, 5) is 5.39. The van der Waals surface area contributed by atoms with E-state index < -0.39 is 0 Å². The van der Waals surface area contributed by atoms with Crippen LogP contribution in [0.25, 0.3) is 77.1 Å². The van der Waals surface area contributed by atoms with Crippen molar-refractivity contribution in [1.29, 1.82) is 0 Å². The number of rotatable bonds is 5. The van der Waals surface area contributed by atoms with Gasteiger partial charge in [0.25, 0.3) is 0 Å². The average Bonchev–Trinajstić information content (AvgIpc) is 3.91. The predicted octanol–water partition coefficient (Wildman–Crippen LogP) is 11.5. The van der Waals surface area contributed by atoms with Crippen LogP contribution in [0, 0.1) is 0 Å². The van der Waals surface area contributed by atoms with Crippen LogP contribution in [-0.4, -0.2) is 20.0 Å². The van der Waals surface area contributed by atoms with E-state index in [0.717, 1.165) is 28.0 Å². The Hall–Kier alpha value is -6.95. The summed E-state index contributed by atoms with van der Waals surface area (Å²) in [7, 11) is 0. The van der Waals surface area contributed by atoms with Crippen molar-refractivity contribution in [3.05, 3.63) is 194 Å². The number of hydrogen-bond acceptors (Lipinski definition) is 3. The van der Waals surface area contributed by atoms with Gasteiger partial charge in [0.2, 0.25) is 0 Å². The van der Waals surface area contributed by atoms with E-state index in [1.807, 2.05) is 0 Å². The van der Waals surface area contributed by atoms with Crippen LogP contribution >= 0.6 is 0 Å². The molecule has 0 aliphatic carbocycles. The molecule has 250 valence electrons. The number of allylic oxidation sites excluding steroid dienone is 2. The van der Waals surface area contributed by atoms with Crippen LogP contribution in [0.3, 0.4) is 0 Å². The molecular formula is C48H33N5. The van der Waals surface area contributed by atoms with Gasteiger partial charge in [0.1, 0.15) is 0 Å². The normalized spacial score (nSPS) is 15.4. The van der Waals surface area contributed by atoms with Crippen molar-refractivity contribution in [2.45, 2.75) is 6.29 Å². The second kappa shape index (κ2) is 11.8. The summed E-state index contributed by atoms with van der Waals surface area (Å²) in [6.45, 7) is 0. The highest BCUT2D eigenvalue weighted by atomic mass is 15.6. The fraction of sp³-hybridized carbons (Fsp3) is 0.0208. The maximum atomic E-state index is 5.39. The van der Waals surface area contributed by atoms with Gasteiger partial charge in [-0.25, -0.2) is 4.99 Å². The van der Waals surface area contributed by atoms with E-state index in [9.17, 15) is 0 Å². The first kappa shape index (κ1) is 29.7. The van der Waals surface area contributed by atoms with Gasteiger partial charge in [-0.15, -0.1) is 0 Å². The van der Waals surface area contributed by atoms with Crippen LogP contribution in [-0.2, 0) is 0 Å². The molecule has 53 heavy (non-hydrogen) atoms. The molecule has 2 aromatic heterocycles. The zero-order valence-corrected chi connectivity index (χ0v) is 28.8. The number of hydrogen-bond donors (Lipinski definition) is 1. The lowest BCUT2D eigenvalue weighted by molar-refractivity contribution is 0.330. The lowest BCUT2D eigenvalue weighted by Crippen LogP contribution is -2.36. The molecule has 11 rings (SSSR count). The Morgan fingerprint density at radius 2 is 1.04 bits per heavy atom. The van der Waals surface area contributed by atoms with Crippen LogP contribution < -0.4 is 5.43 Å². The Morgan fingerprint density at radius 3 is 1.81 bits per heavy atom. The molecule has 0 radical (unpaired) electrons. The maximum absolute atomic E-state index is 5.39. The molecule has 0 fully saturated rings. The van der Waals surface area contributed by atoms with Gasteiger partial charge in [-0.2, -0.15) is 5.43 Å². The highest BCUT2D eigenvalue weighted by Crippen LogP contribution is 2.40. The molecule has 0 spiro atoms. The smallest absolute Gasteiger partial charge is 0.199 e. The van der Waals surface area contributed by atoms with Gasteiger partial charge in [-0.1, -0.05) is 121 Å². The molecule has 1 N–H and O–H groups in total. The van der Waals surface area contributed by atoms with Gasteiger partial charge in [0, 0.05) is 39.0 Å². The summed E-state index contributed by atoms with van der Waals surface area (Å²) in [5.41, 5.74) is 16.6. The highest BCUT2D eigenvalue weighted by molar-refractivity contribution is 6.25. The zero-order chi connectivity index (χ0) is 34.9. The number of amidine groups is 1. The average molecular weight is 680 g/mol. The minimum atomic E-state index is -0.325. The molecule has 0 saturated heterocycles. The van der Waals surface area contributed by atoms with Crippen molar-refractivity contribution in [2.75, 3.05) is 0 Å². The molecule has 5 heteroatoms. The summed E-state index contributed by atoms with van der Waals surface area (Å²) in [5, 5.41) is 6.98. The van der Waals surface area contributed by atoms with Crippen molar-refractivity contribution >= 4 is 55.0 Å². The molecule has 1 atom stereocenters. The molecule has 2 aliphatic rings. The number of aliphatic imine (C=N–C) groups is 1. The molecule has 2 aliphatic heterocycles. The molecule has 4 heterocycles. The Kier molecular flexibility index (Phi) is 6.63. The summed E-state index contributed by atoms with van der Waals surface area (Å²) < 4.78 is 4.70. The first-order chi connectivity index (χ1) is 26.3. The van der Waals surface area contributed by atoms with Crippen molar-refractivity contribution in [3.63, 3.8) is 0 Å². The molecule has 0 saturated carbocycles. The van der Waals surface area contributed by atoms with Crippen LogP contribution in [0.5, 0.6) is 0 Å². The number of aromatic nitrogens is 2. The van der Waals surface area contributed by atoms with Crippen molar-refractivity contribution < 1.29 is 0 Å². The third-order valence-electron chi connectivity index (χ3n) is 10.7. The van der Waals surface area contributed by atoms with E-state index in [2.05, 4.69) is 208 Å². The molecule has 1 unspecified atom stereocenters. The number of hydrazine groups is 1. The third-order valence-corrected chi connectivity index (χ3v) is 10.7. The number of nitrogens with one attached hydrogen (secondary N) is 1. The largest absolute Gasteiger partial charge is 0.309 e. The fourth-order valence-corrected chi connectivity index (χ4v) is 8.37. The Labute approximate surface area is 306 Å². The number of nitrogens with zero attached hydrogens (tertiary/aromatic N) is 4. The predicted molar refractivity (Wildman–Crippen MR) is 220 cm³/mol. The topological polar surface area (TPSA) is 37.5 Å². The lowest BCUT2D eigenvalue weighted by Gasteiger charge is -2.23. The summed E-state index contributed by atoms with van der Waals surface area (Å²) in [6.07, 6.45) is 6.00. The first-order valence-corrected chi connectivity index (χ1v) is 18.1. The Balaban J connectivity index is 1.02. The van der Waals surface area contributed by atoms with Crippen molar-refractivity contribution in [1.82, 2.24) is 19.6 Å². The second-order valence-electron chi connectivity index (χ2n) is 13.7. The molecular weight excluding hydrogens is 647 g/mol. The minimum Gasteiger partial charge on any atom is -0.309 e. The first-order valence-electron chi connectivity index (χ1n) is 18.1. The van der Waals surface area contributed by atoms with E-state index in [-0.39, 0.29) is 6.29 Å². The lowest BCUT2D eigenvalue weighted by atomic mass is 9.93. The van der Waals surface area contributed by atoms with Gasteiger partial charge in [-0.3, -0.25) is 5.01 Å². The fourth-order valence-electron chi connectivity index (χ4n) is 8.37. The maximum Gasteiger partial charge on any atom is 0.199 e. The molecule has 9 aromatic rings. The summed E-state index contributed by atoms with van der Waals surface area (Å²) in [6, 6.07) is 60.9. The van der Waals surface area contributed by atoms with E-state index in [4.69, 9.17) is 4.99 Å². The number of fused-ring (bicyclic) bond motifs is 7. The van der Waals surface area contributed by atoms with Crippen LogP contribution in [0.1, 0.15) is 11.9 Å². The van der Waals surface area contributed by atoms with Crippen LogP contribution in [0.2, 0.25) is 0 Å². The molecule has 7 aromatic carbocycles. The highest BCUT2D eigenvalue weighted by Gasteiger charge is 2.31. The molecule has 0 amide bonds. The Bertz CT molecular complexity index is 2980. The number of benzene rings is 7. The van der Waals surface area contributed by atoms with E-state index >= 15 is 0 Å². The van der Waals surface area contributed by atoms with Crippen molar-refractivity contribution in [3.8, 4) is 27.9 Å². The van der Waals surface area contributed by atoms with Crippen LogP contribution in [0.15, 0.2) is 193 Å². The van der Waals surface area contributed by atoms with Crippen molar-refractivity contribution in [2.24, 2.45) is 4.99 Å². The zero-order valence-electron chi connectivity index (χ0n) is 28.8. The van der Waals surface area contributed by atoms with Gasteiger partial charge >= 0.3 is 0 Å². The Morgan fingerprint density at radius 1 is 0.472 bits per heavy atom. The molecule has 0 bridgehead atoms. The summed E-state index contributed by atoms with van der Waals surface area (Å²) in [5.74, 6) is 0.909. The monoisotopic (exact) mass is 679 g/mol.